The van der Waals surface area contributed by atoms with E-state index in [0.717, 1.165) is 13.1 Å². The Kier molecular flexibility index (Phi) is 1.65. The lowest BCUT2D eigenvalue weighted by atomic mass is 10.3. The average molecular weight is 99.2 g/mol. The van der Waals surface area contributed by atoms with E-state index in [1.807, 2.05) is 7.05 Å². The van der Waals surface area contributed by atoms with Crippen LogP contribution < -0.4 is 5.32 Å². The van der Waals surface area contributed by atoms with Crippen molar-refractivity contribution in [2.45, 2.75) is 12.5 Å². The zero-order chi connectivity index (χ0) is 5.11. The first-order valence-corrected chi connectivity index (χ1v) is 2.73. The molecule has 0 aromatic rings. The molecule has 0 radical (unpaired) electrons. The smallest absolute Gasteiger partial charge is 0.00629 e. The van der Waals surface area contributed by atoms with E-state index in [1.54, 1.807) is 0 Å². The van der Waals surface area contributed by atoms with Crippen LogP contribution in [0.5, 0.6) is 0 Å². The lowest BCUT2D eigenvalue weighted by Gasteiger charge is -2.19. The summed E-state index contributed by atoms with van der Waals surface area (Å²) in [5.41, 5.74) is 0. The number of nitrogens with zero attached hydrogens (tertiary/aromatic N) is 1. The summed E-state index contributed by atoms with van der Waals surface area (Å²) < 4.78 is 0. The van der Waals surface area contributed by atoms with Gasteiger partial charge in [-0.05, 0) is 13.1 Å². The molecular weight excluding hydrogens is 88.1 g/mol. The van der Waals surface area contributed by atoms with E-state index in [0.29, 0.717) is 6.04 Å². The molecule has 0 aromatic carbocycles. The summed E-state index contributed by atoms with van der Waals surface area (Å²) in [6.07, 6.45) is 1.23. The van der Waals surface area contributed by atoms with E-state index in [4.69, 9.17) is 0 Å². The van der Waals surface area contributed by atoms with Crippen molar-refractivity contribution < 1.29 is 0 Å². The normalized spacial score (nSPS) is 31.3. The van der Waals surface area contributed by atoms with Crippen molar-refractivity contribution in [3.05, 3.63) is 5.32 Å². The third-order valence-corrected chi connectivity index (χ3v) is 1.40. The van der Waals surface area contributed by atoms with Crippen LogP contribution in [0, 0.1) is 0 Å². The predicted molar refractivity (Wildman–Crippen MR) is 30.6 cm³/mol. The standard InChI is InChI=1S/C5H11N2/c1-6-5-2-3-7-4-5/h5,7H,2-4H2,1H3/q-1/t5-/m0/s1. The lowest BCUT2D eigenvalue weighted by Crippen LogP contribution is -2.11. The Morgan fingerprint density at radius 1 is 1.71 bits per heavy atom. The highest BCUT2D eigenvalue weighted by molar-refractivity contribution is 4.92. The van der Waals surface area contributed by atoms with Crippen molar-refractivity contribution in [3.8, 4) is 0 Å². The monoisotopic (exact) mass is 99.1 g/mol. The Bertz CT molecular complexity index is 48.0. The van der Waals surface area contributed by atoms with Gasteiger partial charge in [-0.15, -0.1) is 6.04 Å². The van der Waals surface area contributed by atoms with Gasteiger partial charge in [0.05, 0.1) is 0 Å². The summed E-state index contributed by atoms with van der Waals surface area (Å²) in [5.74, 6) is 0. The van der Waals surface area contributed by atoms with Crippen molar-refractivity contribution in [2.75, 3.05) is 20.1 Å². The molecule has 1 saturated heterocycles. The van der Waals surface area contributed by atoms with Gasteiger partial charge in [-0.3, -0.25) is 0 Å². The zero-order valence-electron chi connectivity index (χ0n) is 4.65. The van der Waals surface area contributed by atoms with Gasteiger partial charge >= 0.3 is 0 Å². The van der Waals surface area contributed by atoms with Gasteiger partial charge in [-0.25, -0.2) is 0 Å². The highest BCUT2D eigenvalue weighted by atomic mass is 15.0. The summed E-state index contributed by atoms with van der Waals surface area (Å²) >= 11 is 0. The third-order valence-electron chi connectivity index (χ3n) is 1.40. The second kappa shape index (κ2) is 2.28. The summed E-state index contributed by atoms with van der Waals surface area (Å²) in [6.45, 7) is 2.25. The minimum Gasteiger partial charge on any atom is -0.661 e. The van der Waals surface area contributed by atoms with Crippen LogP contribution in [0.25, 0.3) is 5.32 Å². The van der Waals surface area contributed by atoms with Gasteiger partial charge in [0.2, 0.25) is 0 Å². The van der Waals surface area contributed by atoms with E-state index in [-0.39, 0.29) is 0 Å². The maximum atomic E-state index is 4.12. The van der Waals surface area contributed by atoms with E-state index in [9.17, 15) is 0 Å². The second-order valence-electron chi connectivity index (χ2n) is 1.90. The summed E-state index contributed by atoms with van der Waals surface area (Å²) in [7, 11) is 1.89. The largest absolute Gasteiger partial charge is 0.661 e. The van der Waals surface area contributed by atoms with Crippen molar-refractivity contribution in [3.63, 3.8) is 0 Å². The highest BCUT2D eigenvalue weighted by Crippen LogP contribution is 2.04. The first kappa shape index (κ1) is 5.06. The maximum Gasteiger partial charge on any atom is -0.00629 e. The minimum absolute atomic E-state index is 0.611. The zero-order valence-corrected chi connectivity index (χ0v) is 4.65. The number of nitrogens with one attached hydrogen (secondary N) is 1. The maximum absolute atomic E-state index is 4.12. The van der Waals surface area contributed by atoms with Crippen LogP contribution in [-0.2, 0) is 0 Å². The fraction of sp³-hybridized carbons (Fsp3) is 1.00. The Morgan fingerprint density at radius 3 is 2.86 bits per heavy atom. The molecule has 2 nitrogen and oxygen atoms in total. The van der Waals surface area contributed by atoms with Crippen LogP contribution in [0.1, 0.15) is 6.42 Å². The molecule has 0 amide bonds. The van der Waals surface area contributed by atoms with E-state index in [1.165, 1.54) is 6.42 Å². The molecule has 1 N–H and O–H groups in total. The molecule has 0 aromatic heterocycles. The molecular formula is C5H11N2-. The van der Waals surface area contributed by atoms with Crippen LogP contribution in [0.4, 0.5) is 0 Å². The first-order valence-electron chi connectivity index (χ1n) is 2.73. The van der Waals surface area contributed by atoms with Crippen molar-refractivity contribution in [2.24, 2.45) is 0 Å². The van der Waals surface area contributed by atoms with Gasteiger partial charge in [0.25, 0.3) is 0 Å². The Hall–Kier alpha value is -0.0800. The molecule has 0 unspecified atom stereocenters. The fourth-order valence-corrected chi connectivity index (χ4v) is 0.860. The van der Waals surface area contributed by atoms with Crippen LogP contribution in [-0.4, -0.2) is 26.2 Å². The van der Waals surface area contributed by atoms with Crippen LogP contribution >= 0.6 is 0 Å². The molecule has 2 heteroatoms. The molecule has 1 aliphatic rings. The molecule has 1 rings (SSSR count). The predicted octanol–water partition coefficient (Wildman–Crippen LogP) is 0.352. The Morgan fingerprint density at radius 2 is 2.57 bits per heavy atom. The van der Waals surface area contributed by atoms with Crippen LogP contribution in [0.3, 0.4) is 0 Å². The topological polar surface area (TPSA) is 26.1 Å². The van der Waals surface area contributed by atoms with Gasteiger partial charge < -0.3 is 10.6 Å². The summed E-state index contributed by atoms with van der Waals surface area (Å²) in [4.78, 5) is 0. The van der Waals surface area contributed by atoms with Gasteiger partial charge in [-0.1, -0.05) is 6.42 Å². The molecule has 1 aliphatic heterocycles. The van der Waals surface area contributed by atoms with E-state index < -0.39 is 0 Å². The molecule has 1 fully saturated rings. The number of hydrogen-bond donors (Lipinski definition) is 1. The van der Waals surface area contributed by atoms with Crippen molar-refractivity contribution >= 4 is 0 Å². The molecule has 0 spiro atoms. The fourth-order valence-electron chi connectivity index (χ4n) is 0.860. The van der Waals surface area contributed by atoms with Crippen molar-refractivity contribution in [1.82, 2.24) is 5.32 Å². The molecule has 0 saturated carbocycles. The van der Waals surface area contributed by atoms with Crippen LogP contribution in [0.2, 0.25) is 0 Å². The van der Waals surface area contributed by atoms with Crippen molar-refractivity contribution in [1.29, 1.82) is 0 Å². The van der Waals surface area contributed by atoms with Gasteiger partial charge in [0, 0.05) is 0 Å². The second-order valence-corrected chi connectivity index (χ2v) is 1.90. The Labute approximate surface area is 44.3 Å². The SMILES string of the molecule is C[N-][C@H]1CCNC1. The van der Waals surface area contributed by atoms with Crippen LogP contribution in [0.15, 0.2) is 0 Å². The Balaban J connectivity index is 2.14. The number of rotatable bonds is 1. The highest BCUT2D eigenvalue weighted by Gasteiger charge is 2.01. The number of likely N-dealkylation sites (N-methyl/N-ethyl adjacent to an activating group) is 1. The molecule has 0 aliphatic carbocycles. The minimum atomic E-state index is 0.611. The molecule has 42 valence electrons. The number of hydrogen-bond acceptors (Lipinski definition) is 1. The third kappa shape index (κ3) is 1.14. The van der Waals surface area contributed by atoms with Gasteiger partial charge in [0.1, 0.15) is 0 Å². The van der Waals surface area contributed by atoms with E-state index >= 15 is 0 Å². The molecule has 0 bridgehead atoms. The molecule has 7 heavy (non-hydrogen) atoms. The molecule has 1 heterocycles. The first-order chi connectivity index (χ1) is 3.43. The van der Waals surface area contributed by atoms with Gasteiger partial charge in [-0.2, -0.15) is 7.05 Å². The average Bonchev–Trinajstić information content (AvgIpc) is 2.14. The quantitative estimate of drug-likeness (QED) is 0.504. The van der Waals surface area contributed by atoms with E-state index in [2.05, 4.69) is 10.6 Å². The summed E-state index contributed by atoms with van der Waals surface area (Å²) in [6, 6.07) is 0.611. The summed E-state index contributed by atoms with van der Waals surface area (Å²) in [5, 5.41) is 7.35. The van der Waals surface area contributed by atoms with Gasteiger partial charge in [0.15, 0.2) is 0 Å². The lowest BCUT2D eigenvalue weighted by molar-refractivity contribution is 0.814. The molecule has 1 atom stereocenters.